The minimum atomic E-state index is 0.716. The molecule has 0 N–H and O–H groups in total. The second kappa shape index (κ2) is 5.16. The van der Waals surface area contributed by atoms with Crippen LogP contribution in [0.15, 0.2) is 10.7 Å². The summed E-state index contributed by atoms with van der Waals surface area (Å²) in [6.07, 6.45) is 8.26. The Morgan fingerprint density at radius 2 is 1.94 bits per heavy atom. The van der Waals surface area contributed by atoms with Crippen LogP contribution in [0, 0.1) is 12.8 Å². The minimum Gasteiger partial charge on any atom is -0.353 e. The van der Waals surface area contributed by atoms with E-state index in [1.807, 2.05) is 6.92 Å². The van der Waals surface area contributed by atoms with Crippen LogP contribution in [0.3, 0.4) is 0 Å². The fourth-order valence-electron chi connectivity index (χ4n) is 3.57. The third-order valence-electron chi connectivity index (χ3n) is 4.33. The average Bonchev–Trinajstić information content (AvgIpc) is 2.37. The highest BCUT2D eigenvalue weighted by molar-refractivity contribution is 9.10. The van der Waals surface area contributed by atoms with Crippen molar-refractivity contribution in [3.8, 4) is 0 Å². The highest BCUT2D eigenvalue weighted by atomic mass is 79.9. The van der Waals surface area contributed by atoms with E-state index >= 15 is 0 Å². The van der Waals surface area contributed by atoms with E-state index in [9.17, 15) is 0 Å². The molecule has 2 aliphatic rings. The Morgan fingerprint density at radius 3 is 2.78 bits per heavy atom. The Balaban J connectivity index is 1.89. The summed E-state index contributed by atoms with van der Waals surface area (Å²) in [5.41, 5.74) is 0. The highest BCUT2D eigenvalue weighted by Gasteiger charge is 2.33. The second-order valence-electron chi connectivity index (χ2n) is 5.54. The summed E-state index contributed by atoms with van der Waals surface area (Å²) >= 11 is 3.49. The molecular formula is C14H20BrN3. The van der Waals surface area contributed by atoms with Gasteiger partial charge in [0.25, 0.3) is 0 Å². The van der Waals surface area contributed by atoms with Crippen LogP contribution in [0.2, 0.25) is 0 Å². The van der Waals surface area contributed by atoms with E-state index in [-0.39, 0.29) is 0 Å². The molecule has 1 aromatic rings. The molecule has 2 fully saturated rings. The third kappa shape index (κ3) is 2.40. The predicted octanol–water partition coefficient (Wildman–Crippen LogP) is 3.71. The Kier molecular flexibility index (Phi) is 3.55. The Labute approximate surface area is 117 Å². The fraction of sp³-hybridized carbons (Fsp3) is 0.714. The van der Waals surface area contributed by atoms with Gasteiger partial charge in [0, 0.05) is 18.7 Å². The molecule has 98 valence electrons. The van der Waals surface area contributed by atoms with Crippen LogP contribution in [0.5, 0.6) is 0 Å². The molecule has 1 saturated heterocycles. The maximum Gasteiger partial charge on any atom is 0.133 e. The van der Waals surface area contributed by atoms with Gasteiger partial charge in [0.05, 0.1) is 0 Å². The molecule has 3 nitrogen and oxygen atoms in total. The molecule has 18 heavy (non-hydrogen) atoms. The van der Waals surface area contributed by atoms with Crippen LogP contribution < -0.4 is 4.90 Å². The first-order valence-electron chi connectivity index (χ1n) is 7.02. The van der Waals surface area contributed by atoms with Gasteiger partial charge in [-0.2, -0.15) is 0 Å². The van der Waals surface area contributed by atoms with Crippen molar-refractivity contribution in [1.29, 1.82) is 0 Å². The van der Waals surface area contributed by atoms with E-state index in [4.69, 9.17) is 0 Å². The molecular weight excluding hydrogens is 290 g/mol. The molecule has 1 aliphatic carbocycles. The zero-order valence-electron chi connectivity index (χ0n) is 10.9. The molecule has 2 atom stereocenters. The summed E-state index contributed by atoms with van der Waals surface area (Å²) in [5.74, 6) is 2.87. The number of piperidine rings is 1. The molecule has 1 aromatic heterocycles. The quantitative estimate of drug-likeness (QED) is 0.741. The van der Waals surface area contributed by atoms with Crippen molar-refractivity contribution in [2.24, 2.45) is 5.92 Å². The normalized spacial score (nSPS) is 28.0. The van der Waals surface area contributed by atoms with Crippen molar-refractivity contribution in [3.63, 3.8) is 0 Å². The van der Waals surface area contributed by atoms with Gasteiger partial charge in [-0.15, -0.1) is 0 Å². The van der Waals surface area contributed by atoms with Crippen molar-refractivity contribution >= 4 is 21.7 Å². The topological polar surface area (TPSA) is 29.0 Å². The van der Waals surface area contributed by atoms with Gasteiger partial charge in [-0.3, -0.25) is 0 Å². The summed E-state index contributed by atoms with van der Waals surface area (Å²) in [4.78, 5) is 11.5. The first-order valence-corrected chi connectivity index (χ1v) is 7.81. The lowest BCUT2D eigenvalue weighted by Crippen LogP contribution is -2.47. The Morgan fingerprint density at radius 1 is 1.17 bits per heavy atom. The number of halogens is 1. The summed E-state index contributed by atoms with van der Waals surface area (Å²) < 4.78 is 0.905. The van der Waals surface area contributed by atoms with Crippen LogP contribution in [-0.2, 0) is 0 Å². The van der Waals surface area contributed by atoms with Crippen molar-refractivity contribution in [3.05, 3.63) is 16.5 Å². The molecule has 0 unspecified atom stereocenters. The number of aryl methyl sites for hydroxylation is 1. The molecule has 3 rings (SSSR count). The highest BCUT2D eigenvalue weighted by Crippen LogP contribution is 2.37. The molecule has 0 spiro atoms. The Hall–Kier alpha value is -0.640. The smallest absolute Gasteiger partial charge is 0.133 e. The van der Waals surface area contributed by atoms with Crippen molar-refractivity contribution in [1.82, 2.24) is 9.97 Å². The van der Waals surface area contributed by atoms with E-state index in [1.54, 1.807) is 0 Å². The van der Waals surface area contributed by atoms with Gasteiger partial charge < -0.3 is 4.90 Å². The lowest BCUT2D eigenvalue weighted by Gasteiger charge is -2.44. The van der Waals surface area contributed by atoms with Gasteiger partial charge in [-0.1, -0.05) is 12.8 Å². The van der Waals surface area contributed by atoms with Gasteiger partial charge in [-0.25, -0.2) is 9.97 Å². The SMILES string of the molecule is Cc1nc(Br)cc(N2CCC[C@H]3CCCC[C@H]32)n1. The molecule has 0 radical (unpaired) electrons. The van der Waals surface area contributed by atoms with Gasteiger partial charge in [0.15, 0.2) is 0 Å². The van der Waals surface area contributed by atoms with Crippen LogP contribution in [0.4, 0.5) is 5.82 Å². The summed E-state index contributed by atoms with van der Waals surface area (Å²) in [6, 6.07) is 2.79. The van der Waals surface area contributed by atoms with Gasteiger partial charge in [-0.05, 0) is 54.5 Å². The number of nitrogens with zero attached hydrogens (tertiary/aromatic N) is 3. The van der Waals surface area contributed by atoms with Crippen molar-refractivity contribution < 1.29 is 0 Å². The summed E-state index contributed by atoms with van der Waals surface area (Å²) in [5, 5.41) is 0. The first-order chi connectivity index (χ1) is 8.74. The number of rotatable bonds is 1. The minimum absolute atomic E-state index is 0.716. The van der Waals surface area contributed by atoms with Crippen molar-refractivity contribution in [2.75, 3.05) is 11.4 Å². The standard InChI is InChI=1S/C14H20BrN3/c1-10-16-13(15)9-14(17-10)18-8-4-6-11-5-2-3-7-12(11)18/h9,11-12H,2-8H2,1H3/t11-,12-/m1/s1. The predicted molar refractivity (Wildman–Crippen MR) is 76.8 cm³/mol. The molecule has 1 saturated carbocycles. The van der Waals surface area contributed by atoms with Gasteiger partial charge in [0.2, 0.25) is 0 Å². The fourth-order valence-corrected chi connectivity index (χ4v) is 4.03. The first kappa shape index (κ1) is 12.4. The second-order valence-corrected chi connectivity index (χ2v) is 6.36. The van der Waals surface area contributed by atoms with Crippen LogP contribution >= 0.6 is 15.9 Å². The van der Waals surface area contributed by atoms with Crippen molar-refractivity contribution in [2.45, 2.75) is 51.5 Å². The third-order valence-corrected chi connectivity index (χ3v) is 4.74. The van der Waals surface area contributed by atoms with E-state index in [1.165, 1.54) is 38.5 Å². The maximum absolute atomic E-state index is 4.63. The summed E-state index contributed by atoms with van der Waals surface area (Å²) in [7, 11) is 0. The monoisotopic (exact) mass is 309 g/mol. The average molecular weight is 310 g/mol. The number of aromatic nitrogens is 2. The van der Waals surface area contributed by atoms with E-state index in [0.717, 1.165) is 28.7 Å². The van der Waals surface area contributed by atoms with Crippen LogP contribution in [0.25, 0.3) is 0 Å². The maximum atomic E-state index is 4.63. The van der Waals surface area contributed by atoms with Crippen LogP contribution in [-0.4, -0.2) is 22.6 Å². The molecule has 4 heteroatoms. The number of anilines is 1. The van der Waals surface area contributed by atoms with Gasteiger partial charge >= 0.3 is 0 Å². The molecule has 0 amide bonds. The zero-order valence-corrected chi connectivity index (χ0v) is 12.5. The lowest BCUT2D eigenvalue weighted by molar-refractivity contribution is 0.242. The molecule has 1 aliphatic heterocycles. The molecule has 2 heterocycles. The number of hydrogen-bond acceptors (Lipinski definition) is 3. The van der Waals surface area contributed by atoms with E-state index in [0.29, 0.717) is 6.04 Å². The largest absolute Gasteiger partial charge is 0.353 e. The zero-order chi connectivity index (χ0) is 12.5. The lowest BCUT2D eigenvalue weighted by atomic mass is 9.78. The van der Waals surface area contributed by atoms with Gasteiger partial charge in [0.1, 0.15) is 16.2 Å². The Bertz CT molecular complexity index is 413. The number of hydrogen-bond donors (Lipinski definition) is 0. The van der Waals surface area contributed by atoms with E-state index < -0.39 is 0 Å². The van der Waals surface area contributed by atoms with E-state index in [2.05, 4.69) is 36.9 Å². The number of fused-ring (bicyclic) bond motifs is 1. The summed E-state index contributed by atoms with van der Waals surface area (Å²) in [6.45, 7) is 3.13. The van der Waals surface area contributed by atoms with Crippen LogP contribution in [0.1, 0.15) is 44.3 Å². The molecule has 0 aromatic carbocycles. The molecule has 0 bridgehead atoms.